The number of benzene rings is 2. The Balaban J connectivity index is 1.57. The zero-order chi connectivity index (χ0) is 16.9. The van der Waals surface area contributed by atoms with Crippen LogP contribution >= 0.6 is 11.8 Å². The van der Waals surface area contributed by atoms with E-state index in [0.29, 0.717) is 24.6 Å². The number of halogens is 2. The molecule has 2 aromatic rings. The van der Waals surface area contributed by atoms with Crippen LogP contribution in [0.15, 0.2) is 53.4 Å². The van der Waals surface area contributed by atoms with E-state index in [1.807, 2.05) is 30.3 Å². The highest BCUT2D eigenvalue weighted by molar-refractivity contribution is 8.00. The van der Waals surface area contributed by atoms with Gasteiger partial charge in [0.2, 0.25) is 5.91 Å². The molecule has 1 heterocycles. The van der Waals surface area contributed by atoms with Gasteiger partial charge in [-0.05, 0) is 23.8 Å². The molecule has 0 bridgehead atoms. The van der Waals surface area contributed by atoms with Gasteiger partial charge in [0.05, 0.1) is 18.9 Å². The van der Waals surface area contributed by atoms with Crippen LogP contribution in [0.2, 0.25) is 0 Å². The largest absolute Gasteiger partial charge is 0.370 e. The average molecular weight is 349 g/mol. The van der Waals surface area contributed by atoms with Gasteiger partial charge in [-0.25, -0.2) is 8.78 Å². The van der Waals surface area contributed by atoms with Crippen molar-refractivity contribution in [3.63, 3.8) is 0 Å². The summed E-state index contributed by atoms with van der Waals surface area (Å²) in [5.41, 5.74) is 1.04. The maximum Gasteiger partial charge on any atom is 0.233 e. The molecule has 0 N–H and O–H groups in total. The number of thioether (sulfide) groups is 1. The zero-order valence-electron chi connectivity index (χ0n) is 13.0. The van der Waals surface area contributed by atoms with Crippen molar-refractivity contribution in [1.29, 1.82) is 0 Å². The monoisotopic (exact) mass is 349 g/mol. The molecule has 126 valence electrons. The van der Waals surface area contributed by atoms with Gasteiger partial charge in [-0.2, -0.15) is 0 Å². The number of ether oxygens (including phenoxy) is 1. The first-order chi connectivity index (χ1) is 11.6. The van der Waals surface area contributed by atoms with Gasteiger partial charge in [-0.1, -0.05) is 30.3 Å². The molecule has 3 rings (SSSR count). The van der Waals surface area contributed by atoms with Crippen molar-refractivity contribution in [1.82, 2.24) is 4.90 Å². The predicted octanol–water partition coefficient (Wildman–Crippen LogP) is 3.66. The summed E-state index contributed by atoms with van der Waals surface area (Å²) in [6, 6.07) is 13.4. The number of rotatable bonds is 4. The molecule has 1 atom stereocenters. The summed E-state index contributed by atoms with van der Waals surface area (Å²) in [7, 11) is 0. The van der Waals surface area contributed by atoms with Crippen molar-refractivity contribution in [3.8, 4) is 0 Å². The number of carbonyl (C=O) groups excluding carboxylic acids is 1. The van der Waals surface area contributed by atoms with Crippen LogP contribution in [0.3, 0.4) is 0 Å². The molecule has 3 nitrogen and oxygen atoms in total. The highest BCUT2D eigenvalue weighted by Crippen LogP contribution is 2.24. The van der Waals surface area contributed by atoms with Crippen LogP contribution in [0, 0.1) is 11.6 Å². The standard InChI is InChI=1S/C18H17F2NO2S/c19-15-7-6-14(10-16(15)20)24-12-18(22)21-8-9-23-17(11-21)13-4-2-1-3-5-13/h1-7,10,17H,8-9,11-12H2. The molecule has 0 spiro atoms. The van der Waals surface area contributed by atoms with Gasteiger partial charge in [-0.15, -0.1) is 11.8 Å². The summed E-state index contributed by atoms with van der Waals surface area (Å²) < 4.78 is 31.9. The molecule has 0 radical (unpaired) electrons. The lowest BCUT2D eigenvalue weighted by molar-refractivity contribution is -0.136. The quantitative estimate of drug-likeness (QED) is 0.789. The molecule has 1 saturated heterocycles. The third kappa shape index (κ3) is 4.13. The maximum atomic E-state index is 13.2. The average Bonchev–Trinajstić information content (AvgIpc) is 2.63. The van der Waals surface area contributed by atoms with Gasteiger partial charge in [0.15, 0.2) is 11.6 Å². The highest BCUT2D eigenvalue weighted by atomic mass is 32.2. The van der Waals surface area contributed by atoms with Crippen molar-refractivity contribution in [2.45, 2.75) is 11.0 Å². The number of nitrogens with zero attached hydrogens (tertiary/aromatic N) is 1. The molecule has 2 aromatic carbocycles. The topological polar surface area (TPSA) is 29.5 Å². The van der Waals surface area contributed by atoms with Crippen molar-refractivity contribution in [3.05, 3.63) is 65.7 Å². The fourth-order valence-electron chi connectivity index (χ4n) is 2.55. The minimum absolute atomic E-state index is 0.0334. The van der Waals surface area contributed by atoms with Crippen LogP contribution < -0.4 is 0 Å². The molecule has 1 fully saturated rings. The lowest BCUT2D eigenvalue weighted by Crippen LogP contribution is -2.43. The van der Waals surface area contributed by atoms with Crippen molar-refractivity contribution in [2.75, 3.05) is 25.4 Å². The number of morpholine rings is 1. The Morgan fingerprint density at radius 2 is 1.96 bits per heavy atom. The van der Waals surface area contributed by atoms with E-state index >= 15 is 0 Å². The fraction of sp³-hybridized carbons (Fsp3) is 0.278. The molecule has 0 saturated carbocycles. The Morgan fingerprint density at radius 3 is 2.71 bits per heavy atom. The summed E-state index contributed by atoms with van der Waals surface area (Å²) in [6.45, 7) is 1.53. The summed E-state index contributed by atoms with van der Waals surface area (Å²) in [4.78, 5) is 14.7. The van der Waals surface area contributed by atoms with Gasteiger partial charge in [0, 0.05) is 11.4 Å². The highest BCUT2D eigenvalue weighted by Gasteiger charge is 2.25. The molecule has 0 aliphatic carbocycles. The minimum Gasteiger partial charge on any atom is -0.370 e. The van der Waals surface area contributed by atoms with Gasteiger partial charge < -0.3 is 9.64 Å². The van der Waals surface area contributed by atoms with Crippen LogP contribution in [0.1, 0.15) is 11.7 Å². The van der Waals surface area contributed by atoms with Crippen molar-refractivity contribution >= 4 is 17.7 Å². The molecular formula is C18H17F2NO2S. The van der Waals surface area contributed by atoms with Crippen LogP contribution in [-0.2, 0) is 9.53 Å². The first-order valence-electron chi connectivity index (χ1n) is 7.65. The summed E-state index contributed by atoms with van der Waals surface area (Å²) in [5, 5.41) is 0. The fourth-order valence-corrected chi connectivity index (χ4v) is 3.37. The maximum absolute atomic E-state index is 13.2. The Bertz CT molecular complexity index is 711. The van der Waals surface area contributed by atoms with Gasteiger partial charge in [-0.3, -0.25) is 4.79 Å². The normalized spacial score (nSPS) is 17.8. The van der Waals surface area contributed by atoms with E-state index in [9.17, 15) is 13.6 Å². The third-order valence-electron chi connectivity index (χ3n) is 3.84. The Labute approximate surface area is 143 Å². The van der Waals surface area contributed by atoms with Crippen LogP contribution in [0.25, 0.3) is 0 Å². The minimum atomic E-state index is -0.900. The van der Waals surface area contributed by atoms with E-state index in [-0.39, 0.29) is 17.8 Å². The van der Waals surface area contributed by atoms with E-state index in [1.165, 1.54) is 17.8 Å². The van der Waals surface area contributed by atoms with Gasteiger partial charge in [0.25, 0.3) is 0 Å². The van der Waals surface area contributed by atoms with Gasteiger partial charge >= 0.3 is 0 Å². The van der Waals surface area contributed by atoms with E-state index in [1.54, 1.807) is 4.90 Å². The second-order valence-electron chi connectivity index (χ2n) is 5.47. The van der Waals surface area contributed by atoms with Crippen LogP contribution in [0.4, 0.5) is 8.78 Å². The first kappa shape index (κ1) is 16.9. The van der Waals surface area contributed by atoms with Crippen molar-refractivity contribution in [2.24, 2.45) is 0 Å². The summed E-state index contributed by atoms with van der Waals surface area (Å²) in [5.74, 6) is -1.63. The molecule has 6 heteroatoms. The lowest BCUT2D eigenvalue weighted by Gasteiger charge is -2.33. The zero-order valence-corrected chi connectivity index (χ0v) is 13.8. The Hall–Kier alpha value is -1.92. The molecule has 1 aliphatic heterocycles. The Kier molecular flexibility index (Phi) is 5.48. The number of hydrogen-bond donors (Lipinski definition) is 0. The first-order valence-corrected chi connectivity index (χ1v) is 8.64. The SMILES string of the molecule is O=C(CSc1ccc(F)c(F)c1)N1CCOC(c2ccccc2)C1. The summed E-state index contributed by atoms with van der Waals surface area (Å²) >= 11 is 1.20. The molecule has 24 heavy (non-hydrogen) atoms. The molecule has 0 aromatic heterocycles. The molecule has 1 amide bonds. The van der Waals surface area contributed by atoms with Crippen LogP contribution in [0.5, 0.6) is 0 Å². The number of amides is 1. The molecule has 1 aliphatic rings. The lowest BCUT2D eigenvalue weighted by atomic mass is 10.1. The number of carbonyl (C=O) groups is 1. The number of hydrogen-bond acceptors (Lipinski definition) is 3. The smallest absolute Gasteiger partial charge is 0.233 e. The van der Waals surface area contributed by atoms with E-state index < -0.39 is 11.6 Å². The van der Waals surface area contributed by atoms with Crippen molar-refractivity contribution < 1.29 is 18.3 Å². The third-order valence-corrected chi connectivity index (χ3v) is 4.82. The predicted molar refractivity (Wildman–Crippen MR) is 88.8 cm³/mol. The second kappa shape index (κ2) is 7.77. The van der Waals surface area contributed by atoms with Gasteiger partial charge in [0.1, 0.15) is 6.10 Å². The Morgan fingerprint density at radius 1 is 1.17 bits per heavy atom. The second-order valence-corrected chi connectivity index (χ2v) is 6.52. The molecular weight excluding hydrogens is 332 g/mol. The van der Waals surface area contributed by atoms with E-state index in [0.717, 1.165) is 17.7 Å². The van der Waals surface area contributed by atoms with E-state index in [4.69, 9.17) is 4.74 Å². The van der Waals surface area contributed by atoms with Crippen LogP contribution in [-0.4, -0.2) is 36.3 Å². The van der Waals surface area contributed by atoms with E-state index in [2.05, 4.69) is 0 Å². The molecule has 1 unspecified atom stereocenters. The summed E-state index contributed by atoms with van der Waals surface area (Å²) in [6.07, 6.45) is -0.128.